The number of aryl methyl sites for hydroxylation is 1. The Morgan fingerprint density at radius 3 is 2.67 bits per heavy atom. The van der Waals surface area contributed by atoms with Crippen molar-refractivity contribution in [3.8, 4) is 11.5 Å². The van der Waals surface area contributed by atoms with Crippen LogP contribution in [0.5, 0.6) is 11.5 Å². The molecule has 1 N–H and O–H groups in total. The highest BCUT2D eigenvalue weighted by Crippen LogP contribution is 2.38. The second-order valence-electron chi connectivity index (χ2n) is 4.23. The molecule has 0 amide bonds. The van der Waals surface area contributed by atoms with Crippen molar-refractivity contribution in [1.82, 2.24) is 0 Å². The maximum Gasteiger partial charge on any atom is 0.335 e. The summed E-state index contributed by atoms with van der Waals surface area (Å²) in [6.07, 6.45) is 0. The van der Waals surface area contributed by atoms with Gasteiger partial charge in [0.05, 0.1) is 15.5 Å². The number of rotatable bonds is 4. The van der Waals surface area contributed by atoms with Crippen LogP contribution in [0.3, 0.4) is 0 Å². The van der Waals surface area contributed by atoms with Gasteiger partial charge < -0.3 is 9.84 Å². The van der Waals surface area contributed by atoms with Gasteiger partial charge in [-0.25, -0.2) is 4.79 Å². The number of nitro benzene ring substituents is 1. The number of hydrogen-bond donors (Lipinski definition) is 1. The third-order valence-electron chi connectivity index (χ3n) is 2.79. The van der Waals surface area contributed by atoms with Crippen molar-refractivity contribution in [2.45, 2.75) is 6.92 Å². The van der Waals surface area contributed by atoms with Gasteiger partial charge in [0.15, 0.2) is 0 Å². The van der Waals surface area contributed by atoms with Crippen LogP contribution < -0.4 is 4.74 Å². The smallest absolute Gasteiger partial charge is 0.335 e. The first-order valence-corrected chi connectivity index (χ1v) is 6.22. The zero-order valence-corrected chi connectivity index (χ0v) is 11.6. The van der Waals surface area contributed by atoms with Gasteiger partial charge in [-0.3, -0.25) is 10.1 Å². The molecule has 0 aliphatic rings. The Kier molecular flexibility index (Phi) is 4.09. The third kappa shape index (κ3) is 3.11. The first-order valence-electron chi connectivity index (χ1n) is 5.85. The average molecular weight is 308 g/mol. The molecule has 0 aliphatic heterocycles. The number of ether oxygens (including phenoxy) is 1. The Morgan fingerprint density at radius 1 is 1.33 bits per heavy atom. The van der Waals surface area contributed by atoms with E-state index in [1.165, 1.54) is 30.3 Å². The van der Waals surface area contributed by atoms with E-state index in [1.54, 1.807) is 13.0 Å². The monoisotopic (exact) mass is 307 g/mol. The van der Waals surface area contributed by atoms with Gasteiger partial charge in [-0.1, -0.05) is 23.7 Å². The number of halogens is 1. The molecular weight excluding hydrogens is 298 g/mol. The molecule has 0 radical (unpaired) electrons. The Labute approximate surface area is 124 Å². The van der Waals surface area contributed by atoms with E-state index in [1.807, 2.05) is 0 Å². The molecule has 0 fully saturated rings. The zero-order chi connectivity index (χ0) is 15.6. The number of carboxylic acids is 1. The average Bonchev–Trinajstić information content (AvgIpc) is 2.42. The van der Waals surface area contributed by atoms with Crippen molar-refractivity contribution in [2.24, 2.45) is 0 Å². The molecule has 0 unspecified atom stereocenters. The van der Waals surface area contributed by atoms with Gasteiger partial charge in [-0.2, -0.15) is 0 Å². The summed E-state index contributed by atoms with van der Waals surface area (Å²) in [6, 6.07) is 8.43. The van der Waals surface area contributed by atoms with E-state index in [0.717, 1.165) is 0 Å². The lowest BCUT2D eigenvalue weighted by atomic mass is 10.1. The topological polar surface area (TPSA) is 89.7 Å². The van der Waals surface area contributed by atoms with Crippen LogP contribution in [-0.2, 0) is 0 Å². The Hall–Kier alpha value is -2.60. The molecule has 2 aromatic rings. The minimum Gasteiger partial charge on any atom is -0.478 e. The minimum atomic E-state index is -1.12. The molecule has 0 saturated carbocycles. The van der Waals surface area contributed by atoms with Gasteiger partial charge in [-0.05, 0) is 30.7 Å². The normalized spacial score (nSPS) is 10.2. The fourth-order valence-electron chi connectivity index (χ4n) is 1.70. The number of aromatic carboxylic acids is 1. The van der Waals surface area contributed by atoms with Gasteiger partial charge in [0.25, 0.3) is 0 Å². The van der Waals surface area contributed by atoms with E-state index in [4.69, 9.17) is 21.4 Å². The first kappa shape index (κ1) is 14.8. The largest absolute Gasteiger partial charge is 0.478 e. The predicted octanol–water partition coefficient (Wildman–Crippen LogP) is 4.05. The van der Waals surface area contributed by atoms with E-state index in [-0.39, 0.29) is 27.8 Å². The summed E-state index contributed by atoms with van der Waals surface area (Å²) >= 11 is 5.93. The van der Waals surface area contributed by atoms with Crippen molar-refractivity contribution >= 4 is 23.3 Å². The van der Waals surface area contributed by atoms with Crippen molar-refractivity contribution in [1.29, 1.82) is 0 Å². The molecule has 7 heteroatoms. The molecular formula is C14H10ClNO5. The first-order chi connectivity index (χ1) is 9.90. The number of benzene rings is 2. The molecule has 0 bridgehead atoms. The molecule has 108 valence electrons. The lowest BCUT2D eigenvalue weighted by molar-refractivity contribution is -0.385. The van der Waals surface area contributed by atoms with Crippen molar-refractivity contribution in [3.05, 3.63) is 62.7 Å². The van der Waals surface area contributed by atoms with Crippen molar-refractivity contribution in [3.63, 3.8) is 0 Å². The van der Waals surface area contributed by atoms with Gasteiger partial charge >= 0.3 is 11.7 Å². The highest BCUT2D eigenvalue weighted by molar-refractivity contribution is 6.32. The maximum atomic E-state index is 11.0. The van der Waals surface area contributed by atoms with Gasteiger partial charge in [0.1, 0.15) is 5.75 Å². The van der Waals surface area contributed by atoms with Crippen LogP contribution in [0.4, 0.5) is 5.69 Å². The van der Waals surface area contributed by atoms with Gasteiger partial charge in [-0.15, -0.1) is 0 Å². The van der Waals surface area contributed by atoms with E-state index in [2.05, 4.69) is 0 Å². The summed E-state index contributed by atoms with van der Waals surface area (Å²) in [4.78, 5) is 21.4. The third-order valence-corrected chi connectivity index (χ3v) is 3.09. The molecule has 0 atom stereocenters. The van der Waals surface area contributed by atoms with E-state index in [0.29, 0.717) is 5.56 Å². The summed E-state index contributed by atoms with van der Waals surface area (Å²) < 4.78 is 5.49. The van der Waals surface area contributed by atoms with Crippen molar-refractivity contribution in [2.75, 3.05) is 0 Å². The summed E-state index contributed by atoms with van der Waals surface area (Å²) in [5.74, 6) is -1.03. The second-order valence-corrected chi connectivity index (χ2v) is 4.64. The molecule has 0 spiro atoms. The lowest BCUT2D eigenvalue weighted by Crippen LogP contribution is -1.99. The maximum absolute atomic E-state index is 11.0. The Bertz CT molecular complexity index is 729. The molecule has 0 saturated heterocycles. The molecule has 0 aliphatic carbocycles. The summed E-state index contributed by atoms with van der Waals surface area (Å²) in [6.45, 7) is 1.70. The van der Waals surface area contributed by atoms with E-state index in [9.17, 15) is 14.9 Å². The standard InChI is InChI=1S/C14H10ClNO5/c1-8-5-6-9(14(17)18)7-12(8)21-13-10(15)3-2-4-11(13)16(19)20/h2-7H,1H3,(H,17,18). The SMILES string of the molecule is Cc1ccc(C(=O)O)cc1Oc1c(Cl)cccc1[N+](=O)[O-]. The summed E-state index contributed by atoms with van der Waals surface area (Å²) in [5, 5.41) is 20.0. The van der Waals surface area contributed by atoms with Crippen LogP contribution in [0.25, 0.3) is 0 Å². The highest BCUT2D eigenvalue weighted by atomic mass is 35.5. The number of carboxylic acid groups (broad SMARTS) is 1. The van der Waals surface area contributed by atoms with Crippen LogP contribution in [0, 0.1) is 17.0 Å². The zero-order valence-electron chi connectivity index (χ0n) is 10.9. The van der Waals surface area contributed by atoms with Gasteiger partial charge in [0.2, 0.25) is 5.75 Å². The summed E-state index contributed by atoms with van der Waals surface area (Å²) in [7, 11) is 0. The number of carbonyl (C=O) groups is 1. The molecule has 2 rings (SSSR count). The molecule has 6 nitrogen and oxygen atoms in total. The molecule has 0 aromatic heterocycles. The van der Waals surface area contributed by atoms with Crippen molar-refractivity contribution < 1.29 is 19.6 Å². The Morgan fingerprint density at radius 2 is 2.05 bits per heavy atom. The number of nitro groups is 1. The fourth-order valence-corrected chi connectivity index (χ4v) is 1.90. The van der Waals surface area contributed by atoms with Crippen LogP contribution >= 0.6 is 11.6 Å². The quantitative estimate of drug-likeness (QED) is 0.680. The molecule has 2 aromatic carbocycles. The Balaban J connectivity index is 2.50. The lowest BCUT2D eigenvalue weighted by Gasteiger charge is -2.11. The number of hydrogen-bond acceptors (Lipinski definition) is 4. The summed E-state index contributed by atoms with van der Waals surface area (Å²) in [5.41, 5.74) is 0.363. The molecule has 21 heavy (non-hydrogen) atoms. The van der Waals surface area contributed by atoms with Crippen LogP contribution in [0.2, 0.25) is 5.02 Å². The fraction of sp³-hybridized carbons (Fsp3) is 0.0714. The molecule has 0 heterocycles. The van der Waals surface area contributed by atoms with Gasteiger partial charge in [0, 0.05) is 6.07 Å². The highest BCUT2D eigenvalue weighted by Gasteiger charge is 2.20. The van der Waals surface area contributed by atoms with E-state index >= 15 is 0 Å². The minimum absolute atomic E-state index is 0.0188. The van der Waals surface area contributed by atoms with E-state index < -0.39 is 10.9 Å². The number of nitrogens with zero attached hydrogens (tertiary/aromatic N) is 1. The number of para-hydroxylation sites is 1. The van der Waals surface area contributed by atoms with Crippen LogP contribution in [-0.4, -0.2) is 16.0 Å². The predicted molar refractivity (Wildman–Crippen MR) is 76.3 cm³/mol. The van der Waals surface area contributed by atoms with Crippen LogP contribution in [0.1, 0.15) is 15.9 Å². The second kappa shape index (κ2) is 5.80. The van der Waals surface area contributed by atoms with Crippen LogP contribution in [0.15, 0.2) is 36.4 Å².